The SMILES string of the molecule is Cc1cc(C)c(SC(C(N)=O)c2ccccc2)c(C)c1. The normalized spacial score (nSPS) is 12.2. The molecule has 0 aliphatic rings. The Hall–Kier alpha value is -1.74. The van der Waals surface area contributed by atoms with E-state index in [2.05, 4.69) is 32.9 Å². The lowest BCUT2D eigenvalue weighted by molar-refractivity contribution is -0.117. The van der Waals surface area contributed by atoms with E-state index >= 15 is 0 Å². The molecular weight excluding hydrogens is 266 g/mol. The Morgan fingerprint density at radius 1 is 1.05 bits per heavy atom. The largest absolute Gasteiger partial charge is 0.368 e. The molecule has 2 aromatic carbocycles. The van der Waals surface area contributed by atoms with E-state index in [-0.39, 0.29) is 11.2 Å². The van der Waals surface area contributed by atoms with E-state index < -0.39 is 0 Å². The van der Waals surface area contributed by atoms with E-state index in [1.54, 1.807) is 0 Å². The van der Waals surface area contributed by atoms with Crippen molar-refractivity contribution in [2.75, 3.05) is 0 Å². The molecule has 0 spiro atoms. The van der Waals surface area contributed by atoms with E-state index in [0.29, 0.717) is 0 Å². The lowest BCUT2D eigenvalue weighted by Crippen LogP contribution is -2.19. The monoisotopic (exact) mass is 285 g/mol. The molecule has 20 heavy (non-hydrogen) atoms. The molecule has 0 saturated carbocycles. The van der Waals surface area contributed by atoms with Crippen molar-refractivity contribution in [3.05, 3.63) is 64.7 Å². The molecular formula is C17H19NOS. The molecule has 1 unspecified atom stereocenters. The first-order valence-electron chi connectivity index (χ1n) is 6.58. The number of hydrogen-bond acceptors (Lipinski definition) is 2. The van der Waals surface area contributed by atoms with Crippen LogP contribution < -0.4 is 5.73 Å². The van der Waals surface area contributed by atoms with Gasteiger partial charge in [-0.25, -0.2) is 0 Å². The molecule has 1 atom stereocenters. The highest BCUT2D eigenvalue weighted by atomic mass is 32.2. The average molecular weight is 285 g/mol. The summed E-state index contributed by atoms with van der Waals surface area (Å²) in [6.45, 7) is 6.23. The van der Waals surface area contributed by atoms with Gasteiger partial charge in [-0.1, -0.05) is 48.0 Å². The zero-order valence-electron chi connectivity index (χ0n) is 12.0. The van der Waals surface area contributed by atoms with Crippen molar-refractivity contribution in [1.82, 2.24) is 0 Å². The Balaban J connectivity index is 2.38. The van der Waals surface area contributed by atoms with Crippen LogP contribution in [0.25, 0.3) is 0 Å². The number of hydrogen-bond donors (Lipinski definition) is 1. The zero-order chi connectivity index (χ0) is 14.7. The van der Waals surface area contributed by atoms with Gasteiger partial charge in [0.15, 0.2) is 0 Å². The summed E-state index contributed by atoms with van der Waals surface area (Å²) < 4.78 is 0. The molecule has 1 amide bonds. The lowest BCUT2D eigenvalue weighted by atomic mass is 10.1. The summed E-state index contributed by atoms with van der Waals surface area (Å²) in [6.07, 6.45) is 0. The first-order valence-corrected chi connectivity index (χ1v) is 7.46. The Morgan fingerprint density at radius 3 is 2.10 bits per heavy atom. The smallest absolute Gasteiger partial charge is 0.235 e. The predicted molar refractivity (Wildman–Crippen MR) is 84.9 cm³/mol. The minimum atomic E-state index is -0.351. The molecule has 3 heteroatoms. The molecule has 2 rings (SSSR count). The fraction of sp³-hybridized carbons (Fsp3) is 0.235. The third kappa shape index (κ3) is 3.23. The molecule has 0 bridgehead atoms. The Bertz CT molecular complexity index is 599. The van der Waals surface area contributed by atoms with Crippen LogP contribution in [0.2, 0.25) is 0 Å². The number of benzene rings is 2. The van der Waals surface area contributed by atoms with Crippen molar-refractivity contribution >= 4 is 17.7 Å². The fourth-order valence-electron chi connectivity index (χ4n) is 2.39. The molecule has 0 heterocycles. The highest BCUT2D eigenvalue weighted by Crippen LogP contribution is 2.38. The fourth-order valence-corrected chi connectivity index (χ4v) is 3.52. The van der Waals surface area contributed by atoms with Crippen LogP contribution in [0.4, 0.5) is 0 Å². The van der Waals surface area contributed by atoms with E-state index in [1.807, 2.05) is 30.3 Å². The number of carbonyl (C=O) groups is 1. The Labute approximate surface area is 124 Å². The van der Waals surface area contributed by atoms with Gasteiger partial charge in [0.05, 0.1) is 0 Å². The van der Waals surface area contributed by atoms with Gasteiger partial charge in [-0.2, -0.15) is 0 Å². The molecule has 0 aliphatic heterocycles. The van der Waals surface area contributed by atoms with Gasteiger partial charge in [0.25, 0.3) is 0 Å². The van der Waals surface area contributed by atoms with Gasteiger partial charge in [0.2, 0.25) is 5.91 Å². The topological polar surface area (TPSA) is 43.1 Å². The van der Waals surface area contributed by atoms with Crippen molar-refractivity contribution in [3.63, 3.8) is 0 Å². The third-order valence-corrected chi connectivity index (χ3v) is 4.82. The molecule has 0 saturated heterocycles. The van der Waals surface area contributed by atoms with Crippen LogP contribution >= 0.6 is 11.8 Å². The second-order valence-electron chi connectivity index (χ2n) is 5.04. The Kier molecular flexibility index (Phi) is 4.50. The van der Waals surface area contributed by atoms with Crippen molar-refractivity contribution in [2.45, 2.75) is 30.9 Å². The van der Waals surface area contributed by atoms with Crippen LogP contribution in [0.3, 0.4) is 0 Å². The number of amides is 1. The minimum Gasteiger partial charge on any atom is -0.368 e. The molecule has 2 aromatic rings. The van der Waals surface area contributed by atoms with E-state index in [1.165, 1.54) is 28.5 Å². The van der Waals surface area contributed by atoms with Crippen LogP contribution in [0.5, 0.6) is 0 Å². The van der Waals surface area contributed by atoms with E-state index in [0.717, 1.165) is 10.5 Å². The number of nitrogens with two attached hydrogens (primary N) is 1. The molecule has 2 N–H and O–H groups in total. The maximum Gasteiger partial charge on any atom is 0.235 e. The van der Waals surface area contributed by atoms with Crippen molar-refractivity contribution in [3.8, 4) is 0 Å². The van der Waals surface area contributed by atoms with Crippen LogP contribution in [0.1, 0.15) is 27.5 Å². The summed E-state index contributed by atoms with van der Waals surface area (Å²) in [4.78, 5) is 12.9. The first kappa shape index (κ1) is 14.7. The minimum absolute atomic E-state index is 0.305. The molecule has 2 nitrogen and oxygen atoms in total. The summed E-state index contributed by atoms with van der Waals surface area (Å²) in [5, 5.41) is -0.351. The second-order valence-corrected chi connectivity index (χ2v) is 6.15. The van der Waals surface area contributed by atoms with Gasteiger partial charge >= 0.3 is 0 Å². The summed E-state index contributed by atoms with van der Waals surface area (Å²) in [5.41, 5.74) is 10.2. The molecule has 0 fully saturated rings. The summed E-state index contributed by atoms with van der Waals surface area (Å²) in [5.74, 6) is -0.305. The van der Waals surface area contributed by atoms with Gasteiger partial charge in [0, 0.05) is 4.90 Å². The standard InChI is InChI=1S/C17H19NOS/c1-11-9-12(2)15(13(3)10-11)20-16(17(18)19)14-7-5-4-6-8-14/h4-10,16H,1-3H3,(H2,18,19). The zero-order valence-corrected chi connectivity index (χ0v) is 12.8. The number of rotatable bonds is 4. The number of primary amides is 1. The van der Waals surface area contributed by atoms with Gasteiger partial charge in [-0.3, -0.25) is 4.79 Å². The van der Waals surface area contributed by atoms with E-state index in [4.69, 9.17) is 5.73 Å². The lowest BCUT2D eigenvalue weighted by Gasteiger charge is -2.17. The Morgan fingerprint density at radius 2 is 1.60 bits per heavy atom. The molecule has 104 valence electrons. The summed E-state index contributed by atoms with van der Waals surface area (Å²) >= 11 is 1.54. The first-order chi connectivity index (χ1) is 9.49. The van der Waals surface area contributed by atoms with Crippen LogP contribution in [-0.4, -0.2) is 5.91 Å². The van der Waals surface area contributed by atoms with Crippen LogP contribution in [0.15, 0.2) is 47.4 Å². The molecule has 0 aliphatic carbocycles. The van der Waals surface area contributed by atoms with Gasteiger partial charge < -0.3 is 5.73 Å². The summed E-state index contributed by atoms with van der Waals surface area (Å²) in [6, 6.07) is 14.0. The maximum atomic E-state index is 11.8. The van der Waals surface area contributed by atoms with Crippen molar-refractivity contribution < 1.29 is 4.79 Å². The highest BCUT2D eigenvalue weighted by Gasteiger charge is 2.20. The maximum absolute atomic E-state index is 11.8. The predicted octanol–water partition coefficient (Wildman–Crippen LogP) is 3.93. The van der Waals surface area contributed by atoms with Crippen LogP contribution in [0, 0.1) is 20.8 Å². The number of aryl methyl sites for hydroxylation is 3. The summed E-state index contributed by atoms with van der Waals surface area (Å²) in [7, 11) is 0. The van der Waals surface area contributed by atoms with Crippen molar-refractivity contribution in [2.24, 2.45) is 5.73 Å². The van der Waals surface area contributed by atoms with Gasteiger partial charge in [0.1, 0.15) is 5.25 Å². The van der Waals surface area contributed by atoms with Gasteiger partial charge in [-0.15, -0.1) is 11.8 Å². The highest BCUT2D eigenvalue weighted by molar-refractivity contribution is 8.00. The number of carbonyl (C=O) groups excluding carboxylic acids is 1. The quantitative estimate of drug-likeness (QED) is 0.865. The van der Waals surface area contributed by atoms with E-state index in [9.17, 15) is 4.79 Å². The molecule has 0 radical (unpaired) electrons. The van der Waals surface area contributed by atoms with Gasteiger partial charge in [-0.05, 0) is 37.5 Å². The average Bonchev–Trinajstić information content (AvgIpc) is 2.38. The third-order valence-electron chi connectivity index (χ3n) is 3.20. The number of thioether (sulfide) groups is 1. The second kappa shape index (κ2) is 6.14. The van der Waals surface area contributed by atoms with Crippen molar-refractivity contribution in [1.29, 1.82) is 0 Å². The molecule has 0 aromatic heterocycles. The van der Waals surface area contributed by atoms with Crippen LogP contribution in [-0.2, 0) is 4.79 Å².